The van der Waals surface area contributed by atoms with Crippen LogP contribution in [0, 0.1) is 11.3 Å². The smallest absolute Gasteiger partial charge is 0.416 e. The first-order valence-corrected chi connectivity index (χ1v) is 11.2. The molecule has 0 spiro atoms. The lowest BCUT2D eigenvalue weighted by Crippen LogP contribution is -2.34. The molecular weight excluding hydrogens is 443 g/mol. The Balaban J connectivity index is 1.90. The van der Waals surface area contributed by atoms with E-state index in [0.717, 1.165) is 12.1 Å². The Morgan fingerprint density at radius 2 is 1.75 bits per heavy atom. The number of alkyl halides is 3. The summed E-state index contributed by atoms with van der Waals surface area (Å²) in [7, 11) is -2.24. The van der Waals surface area contributed by atoms with Crippen LogP contribution in [0.3, 0.4) is 0 Å². The molecule has 0 aliphatic carbocycles. The number of nitriles is 1. The van der Waals surface area contributed by atoms with Gasteiger partial charge in [-0.3, -0.25) is 4.90 Å². The number of nitrogens with two attached hydrogens (primary N) is 1. The van der Waals surface area contributed by atoms with Gasteiger partial charge in [0.1, 0.15) is 11.6 Å². The van der Waals surface area contributed by atoms with Gasteiger partial charge in [0, 0.05) is 17.8 Å². The Morgan fingerprint density at radius 1 is 1.12 bits per heavy atom. The van der Waals surface area contributed by atoms with E-state index in [1.807, 2.05) is 6.07 Å². The summed E-state index contributed by atoms with van der Waals surface area (Å²) in [5, 5.41) is 9.88. The first-order valence-electron chi connectivity index (χ1n) is 9.55. The van der Waals surface area contributed by atoms with E-state index < -0.39 is 27.5 Å². The van der Waals surface area contributed by atoms with E-state index in [1.165, 1.54) is 24.1 Å². The number of nitrogens with zero attached hydrogens (tertiary/aromatic N) is 2. The lowest BCUT2D eigenvalue weighted by molar-refractivity contribution is -0.137. The predicted molar refractivity (Wildman–Crippen MR) is 112 cm³/mol. The predicted octanol–water partition coefficient (Wildman–Crippen LogP) is 4.04. The second-order valence-corrected chi connectivity index (χ2v) is 9.45. The van der Waals surface area contributed by atoms with Crippen molar-refractivity contribution in [3.05, 3.63) is 81.7 Å². The van der Waals surface area contributed by atoms with Crippen LogP contribution in [0.15, 0.2) is 70.5 Å². The summed E-state index contributed by atoms with van der Waals surface area (Å²) in [6.07, 6.45) is -4.37. The van der Waals surface area contributed by atoms with E-state index in [2.05, 4.69) is 0 Å². The van der Waals surface area contributed by atoms with Crippen LogP contribution in [0.1, 0.15) is 23.5 Å². The van der Waals surface area contributed by atoms with E-state index in [1.54, 1.807) is 24.3 Å². The van der Waals surface area contributed by atoms with Crippen LogP contribution in [-0.2, 0) is 16.0 Å². The largest absolute Gasteiger partial charge is 0.497 e. The zero-order valence-corrected chi connectivity index (χ0v) is 17.7. The minimum atomic E-state index is -4.53. The number of benzene rings is 2. The van der Waals surface area contributed by atoms with Gasteiger partial charge in [0.25, 0.3) is 0 Å². The Labute approximate surface area is 182 Å². The van der Waals surface area contributed by atoms with E-state index in [9.17, 15) is 26.9 Å². The number of halogens is 3. The molecule has 32 heavy (non-hydrogen) atoms. The molecule has 2 aromatic rings. The minimum Gasteiger partial charge on any atom is -0.497 e. The van der Waals surface area contributed by atoms with Gasteiger partial charge in [-0.05, 0) is 42.0 Å². The molecule has 0 amide bonds. The molecule has 4 rings (SSSR count). The fourth-order valence-electron chi connectivity index (χ4n) is 4.09. The van der Waals surface area contributed by atoms with E-state index >= 15 is 0 Å². The van der Waals surface area contributed by atoms with Crippen molar-refractivity contribution < 1.29 is 26.3 Å². The summed E-state index contributed by atoms with van der Waals surface area (Å²) in [5.74, 6) is -0.615. The maximum Gasteiger partial charge on any atom is 0.416 e. The summed E-state index contributed by atoms with van der Waals surface area (Å²) >= 11 is 0. The van der Waals surface area contributed by atoms with Gasteiger partial charge in [-0.1, -0.05) is 12.1 Å². The summed E-state index contributed by atoms with van der Waals surface area (Å²) in [6, 6.07) is 12.9. The van der Waals surface area contributed by atoms with Gasteiger partial charge in [-0.2, -0.15) is 18.4 Å². The van der Waals surface area contributed by atoms with Crippen LogP contribution >= 0.6 is 0 Å². The highest BCUT2D eigenvalue weighted by Crippen LogP contribution is 2.49. The van der Waals surface area contributed by atoms with Crippen LogP contribution in [0.5, 0.6) is 5.75 Å². The maximum absolute atomic E-state index is 13.0. The number of rotatable bonds is 3. The third-order valence-corrected chi connectivity index (χ3v) is 7.47. The molecule has 2 heterocycles. The Hall–Kier alpha value is -3.45. The van der Waals surface area contributed by atoms with Crippen LogP contribution < -0.4 is 15.4 Å². The molecule has 0 saturated heterocycles. The molecule has 2 aromatic carbocycles. The fourth-order valence-corrected chi connectivity index (χ4v) is 5.93. The number of anilines is 1. The van der Waals surface area contributed by atoms with E-state index in [0.29, 0.717) is 17.1 Å². The van der Waals surface area contributed by atoms with Crippen molar-refractivity contribution in [3.8, 4) is 11.8 Å². The second-order valence-electron chi connectivity index (χ2n) is 7.38. The van der Waals surface area contributed by atoms with Crippen molar-refractivity contribution in [2.24, 2.45) is 5.73 Å². The second kappa shape index (κ2) is 7.60. The molecule has 0 aromatic heterocycles. The van der Waals surface area contributed by atoms with Gasteiger partial charge in [0.05, 0.1) is 40.9 Å². The number of methoxy groups -OCH3 is 1. The highest BCUT2D eigenvalue weighted by atomic mass is 32.2. The van der Waals surface area contributed by atoms with Crippen LogP contribution in [-0.4, -0.2) is 21.3 Å². The van der Waals surface area contributed by atoms with Crippen molar-refractivity contribution >= 4 is 15.5 Å². The van der Waals surface area contributed by atoms with Crippen molar-refractivity contribution in [1.82, 2.24) is 0 Å². The number of hydrogen-bond acceptors (Lipinski definition) is 6. The molecule has 2 aliphatic heterocycles. The Kier molecular flexibility index (Phi) is 5.17. The lowest BCUT2D eigenvalue weighted by atomic mass is 9.86. The maximum atomic E-state index is 13.0. The molecule has 1 atom stereocenters. The number of hydrogen-bond donors (Lipinski definition) is 1. The molecule has 166 valence electrons. The van der Waals surface area contributed by atoms with Crippen molar-refractivity contribution in [1.29, 1.82) is 5.26 Å². The Morgan fingerprint density at radius 3 is 2.28 bits per heavy atom. The normalized spacial score (nSPS) is 20.2. The molecule has 0 unspecified atom stereocenters. The van der Waals surface area contributed by atoms with Gasteiger partial charge in [-0.25, -0.2) is 8.42 Å². The van der Waals surface area contributed by atoms with Crippen LogP contribution in [0.25, 0.3) is 0 Å². The van der Waals surface area contributed by atoms with E-state index in [4.69, 9.17) is 10.5 Å². The highest BCUT2D eigenvalue weighted by Gasteiger charge is 2.45. The fraction of sp³-hybridized carbons (Fsp3) is 0.227. The third-order valence-electron chi connectivity index (χ3n) is 5.59. The molecule has 2 aliphatic rings. The average Bonchev–Trinajstić information content (AvgIpc) is 3.07. The van der Waals surface area contributed by atoms with Gasteiger partial charge < -0.3 is 10.5 Å². The minimum absolute atomic E-state index is 0.00109. The average molecular weight is 461 g/mol. The third kappa shape index (κ3) is 3.48. The van der Waals surface area contributed by atoms with Crippen molar-refractivity contribution in [3.63, 3.8) is 0 Å². The van der Waals surface area contributed by atoms with Gasteiger partial charge in [0.2, 0.25) is 0 Å². The summed E-state index contributed by atoms with van der Waals surface area (Å²) in [6.45, 7) is 0. The molecule has 0 saturated carbocycles. The highest BCUT2D eigenvalue weighted by molar-refractivity contribution is 7.95. The van der Waals surface area contributed by atoms with Gasteiger partial charge in [-0.15, -0.1) is 0 Å². The number of allylic oxidation sites excluding steroid dienone is 3. The lowest BCUT2D eigenvalue weighted by Gasteiger charge is -2.35. The van der Waals surface area contributed by atoms with Crippen molar-refractivity contribution in [2.75, 3.05) is 17.8 Å². The molecular formula is C22H18F3N3O3S. The van der Waals surface area contributed by atoms with Crippen LogP contribution in [0.4, 0.5) is 18.9 Å². The zero-order chi connectivity index (χ0) is 23.3. The molecule has 2 N–H and O–H groups in total. The number of sulfone groups is 1. The first kappa shape index (κ1) is 21.8. The SMILES string of the molecule is COc1ccc(N2C(N)=C(C#N)[C@H](c3ccc(C(F)(F)F)cc3)C3=C2CCS3(=O)=O)cc1. The molecule has 6 nitrogen and oxygen atoms in total. The molecule has 0 bridgehead atoms. The first-order chi connectivity index (χ1) is 15.1. The monoisotopic (exact) mass is 461 g/mol. The Bertz CT molecular complexity index is 1270. The standard InChI is InChI=1S/C22H18F3N3O3S/c1-31-16-8-6-15(7-9-16)28-18-10-11-32(29,30)20(18)19(17(12-26)21(28)27)13-2-4-14(5-3-13)22(23,24)25/h2-9,19H,10-11,27H2,1H3/t19-/m0/s1. The topological polar surface area (TPSA) is 96.4 Å². The summed E-state index contributed by atoms with van der Waals surface area (Å²) in [5.41, 5.74) is 6.66. The molecule has 10 heteroatoms. The zero-order valence-electron chi connectivity index (χ0n) is 16.8. The van der Waals surface area contributed by atoms with E-state index in [-0.39, 0.29) is 34.0 Å². The summed E-state index contributed by atoms with van der Waals surface area (Å²) in [4.78, 5) is 1.53. The van der Waals surface area contributed by atoms with Crippen molar-refractivity contribution in [2.45, 2.75) is 18.5 Å². The summed E-state index contributed by atoms with van der Waals surface area (Å²) < 4.78 is 70.1. The quantitative estimate of drug-likeness (QED) is 0.741. The van der Waals surface area contributed by atoms with Gasteiger partial charge >= 0.3 is 6.18 Å². The van der Waals surface area contributed by atoms with Crippen LogP contribution in [0.2, 0.25) is 0 Å². The van der Waals surface area contributed by atoms with Gasteiger partial charge in [0.15, 0.2) is 9.84 Å². The molecule has 0 fully saturated rings. The molecule has 0 radical (unpaired) electrons. The number of ether oxygens (including phenoxy) is 1.